The average molecular weight is 276 g/mol. The molecule has 2 amide bonds. The summed E-state index contributed by atoms with van der Waals surface area (Å²) < 4.78 is 0. The summed E-state index contributed by atoms with van der Waals surface area (Å²) >= 11 is 1.81. The molecule has 0 spiro atoms. The van der Waals surface area contributed by atoms with Crippen molar-refractivity contribution in [2.45, 2.75) is 31.9 Å². The average Bonchev–Trinajstić information content (AvgIpc) is 2.25. The largest absolute Gasteiger partial charge is 0.481 e. The first-order valence-electron chi connectivity index (χ1n) is 5.88. The van der Waals surface area contributed by atoms with Crippen molar-refractivity contribution in [1.82, 2.24) is 10.2 Å². The van der Waals surface area contributed by atoms with Crippen molar-refractivity contribution in [3.8, 4) is 0 Å². The second-order valence-corrected chi connectivity index (χ2v) is 5.99. The summed E-state index contributed by atoms with van der Waals surface area (Å²) in [6.45, 7) is 3.99. The van der Waals surface area contributed by atoms with Gasteiger partial charge in [0.15, 0.2) is 0 Å². The first-order chi connectivity index (χ1) is 8.32. The number of urea groups is 1. The molecule has 0 bridgehead atoms. The van der Waals surface area contributed by atoms with Gasteiger partial charge in [-0.1, -0.05) is 0 Å². The van der Waals surface area contributed by atoms with E-state index >= 15 is 0 Å². The summed E-state index contributed by atoms with van der Waals surface area (Å²) in [5.41, 5.74) is -1.42. The molecule has 0 aromatic carbocycles. The third kappa shape index (κ3) is 4.73. The van der Waals surface area contributed by atoms with Crippen LogP contribution >= 0.6 is 11.8 Å². The quantitative estimate of drug-likeness (QED) is 0.690. The second kappa shape index (κ2) is 6.29. The Morgan fingerprint density at radius 1 is 1.56 bits per heavy atom. The van der Waals surface area contributed by atoms with E-state index in [1.807, 2.05) is 18.7 Å². The number of nitrogens with zero attached hydrogens (tertiary/aromatic N) is 1. The summed E-state index contributed by atoms with van der Waals surface area (Å²) in [6.07, 6.45) is -0.390. The topological polar surface area (TPSA) is 89.9 Å². The number of thioether (sulfide) groups is 1. The summed E-state index contributed by atoms with van der Waals surface area (Å²) in [5.74, 6) is 0.722. The highest BCUT2D eigenvalue weighted by Crippen LogP contribution is 2.16. The van der Waals surface area contributed by atoms with E-state index in [4.69, 9.17) is 5.11 Å². The van der Waals surface area contributed by atoms with E-state index in [9.17, 15) is 14.7 Å². The number of nitrogens with one attached hydrogen (secondary N) is 1. The molecule has 1 aliphatic heterocycles. The van der Waals surface area contributed by atoms with Crippen molar-refractivity contribution >= 4 is 23.8 Å². The highest BCUT2D eigenvalue weighted by Gasteiger charge is 2.28. The van der Waals surface area contributed by atoms with Gasteiger partial charge in [0.25, 0.3) is 0 Å². The molecule has 3 N–H and O–H groups in total. The van der Waals surface area contributed by atoms with Gasteiger partial charge in [0.1, 0.15) is 0 Å². The summed E-state index contributed by atoms with van der Waals surface area (Å²) in [5, 5.41) is 21.0. The molecule has 7 heteroatoms. The van der Waals surface area contributed by atoms with Crippen LogP contribution in [0.4, 0.5) is 4.79 Å². The van der Waals surface area contributed by atoms with Crippen LogP contribution in [0.1, 0.15) is 20.3 Å². The fourth-order valence-corrected chi connectivity index (χ4v) is 2.80. The van der Waals surface area contributed by atoms with Crippen LogP contribution < -0.4 is 5.32 Å². The molecule has 2 atom stereocenters. The number of amides is 2. The molecule has 1 aliphatic rings. The normalized spacial score (nSPS) is 23.3. The maximum Gasteiger partial charge on any atom is 0.317 e. The van der Waals surface area contributed by atoms with Gasteiger partial charge in [-0.05, 0) is 13.8 Å². The van der Waals surface area contributed by atoms with Crippen molar-refractivity contribution in [3.63, 3.8) is 0 Å². The Morgan fingerprint density at radius 2 is 2.22 bits per heavy atom. The summed E-state index contributed by atoms with van der Waals surface area (Å²) in [6, 6.07) is -0.0818. The van der Waals surface area contributed by atoms with Gasteiger partial charge in [0.2, 0.25) is 0 Å². The maximum atomic E-state index is 11.9. The van der Waals surface area contributed by atoms with Gasteiger partial charge in [0.05, 0.1) is 12.0 Å². The van der Waals surface area contributed by atoms with Crippen LogP contribution in [0.5, 0.6) is 0 Å². The Hall–Kier alpha value is -0.950. The smallest absolute Gasteiger partial charge is 0.317 e. The van der Waals surface area contributed by atoms with Crippen LogP contribution in [0.15, 0.2) is 0 Å². The van der Waals surface area contributed by atoms with Crippen molar-refractivity contribution in [2.75, 3.05) is 24.6 Å². The van der Waals surface area contributed by atoms with Gasteiger partial charge in [-0.2, -0.15) is 11.8 Å². The van der Waals surface area contributed by atoms with Crippen LogP contribution in [0.2, 0.25) is 0 Å². The van der Waals surface area contributed by atoms with E-state index in [1.54, 1.807) is 4.90 Å². The minimum absolute atomic E-state index is 0.0610. The van der Waals surface area contributed by atoms with E-state index in [0.717, 1.165) is 11.5 Å². The number of aliphatic carboxylic acids is 1. The van der Waals surface area contributed by atoms with Gasteiger partial charge < -0.3 is 20.4 Å². The van der Waals surface area contributed by atoms with Crippen LogP contribution in [-0.2, 0) is 4.79 Å². The fourth-order valence-electron chi connectivity index (χ4n) is 1.78. The predicted octanol–water partition coefficient (Wildman–Crippen LogP) is 0.359. The number of aliphatic hydroxyl groups is 1. The Morgan fingerprint density at radius 3 is 2.78 bits per heavy atom. The standard InChI is InChI=1S/C11H20N2O4S/c1-8-6-18-4-3-13(8)10(16)12-7-11(2,17)5-9(14)15/h8,17H,3-7H2,1-2H3,(H,12,16)(H,14,15). The minimum atomic E-state index is -1.42. The molecule has 1 saturated heterocycles. The predicted molar refractivity (Wildman–Crippen MR) is 69.8 cm³/mol. The van der Waals surface area contributed by atoms with E-state index < -0.39 is 18.0 Å². The Bertz CT molecular complexity index is 322. The van der Waals surface area contributed by atoms with Crippen molar-refractivity contribution in [2.24, 2.45) is 0 Å². The van der Waals surface area contributed by atoms with Crippen molar-refractivity contribution in [3.05, 3.63) is 0 Å². The number of carbonyl (C=O) groups is 2. The van der Waals surface area contributed by atoms with Gasteiger partial charge in [-0.15, -0.1) is 0 Å². The lowest BCUT2D eigenvalue weighted by Gasteiger charge is -2.34. The molecule has 0 aromatic rings. The third-order valence-corrected chi connectivity index (χ3v) is 3.97. The zero-order valence-electron chi connectivity index (χ0n) is 10.7. The second-order valence-electron chi connectivity index (χ2n) is 4.84. The lowest BCUT2D eigenvalue weighted by atomic mass is 10.0. The monoisotopic (exact) mass is 276 g/mol. The molecule has 1 fully saturated rings. The van der Waals surface area contributed by atoms with Gasteiger partial charge >= 0.3 is 12.0 Å². The van der Waals surface area contributed by atoms with E-state index in [2.05, 4.69) is 5.32 Å². The fraction of sp³-hybridized carbons (Fsp3) is 0.818. The first-order valence-corrected chi connectivity index (χ1v) is 7.04. The van der Waals surface area contributed by atoms with Crippen LogP contribution in [0, 0.1) is 0 Å². The van der Waals surface area contributed by atoms with E-state index in [1.165, 1.54) is 6.92 Å². The summed E-state index contributed by atoms with van der Waals surface area (Å²) in [4.78, 5) is 24.1. The molecular weight excluding hydrogens is 256 g/mol. The SMILES string of the molecule is CC1CSCCN1C(=O)NCC(C)(O)CC(=O)O. The molecular formula is C11H20N2O4S. The lowest BCUT2D eigenvalue weighted by Crippen LogP contribution is -2.52. The van der Waals surface area contributed by atoms with E-state index in [-0.39, 0.29) is 18.6 Å². The molecule has 0 aromatic heterocycles. The highest BCUT2D eigenvalue weighted by molar-refractivity contribution is 7.99. The van der Waals surface area contributed by atoms with Crippen LogP contribution in [0.3, 0.4) is 0 Å². The van der Waals surface area contributed by atoms with Crippen molar-refractivity contribution in [1.29, 1.82) is 0 Å². The van der Waals surface area contributed by atoms with Gasteiger partial charge in [0, 0.05) is 30.6 Å². The molecule has 1 rings (SSSR count). The van der Waals surface area contributed by atoms with Gasteiger partial charge in [-0.25, -0.2) is 4.79 Å². The Balaban J connectivity index is 2.42. The highest BCUT2D eigenvalue weighted by atomic mass is 32.2. The summed E-state index contributed by atoms with van der Waals surface area (Å²) in [7, 11) is 0. The lowest BCUT2D eigenvalue weighted by molar-refractivity contribution is -0.141. The molecule has 104 valence electrons. The third-order valence-electron chi connectivity index (χ3n) is 2.78. The number of carboxylic acids is 1. The molecule has 6 nitrogen and oxygen atoms in total. The first kappa shape index (κ1) is 15.1. The molecule has 18 heavy (non-hydrogen) atoms. The Labute approximate surface area is 111 Å². The minimum Gasteiger partial charge on any atom is -0.481 e. The van der Waals surface area contributed by atoms with Gasteiger partial charge in [-0.3, -0.25) is 4.79 Å². The number of rotatable bonds is 4. The zero-order valence-corrected chi connectivity index (χ0v) is 11.5. The van der Waals surface area contributed by atoms with Crippen LogP contribution in [-0.4, -0.2) is 63.4 Å². The molecule has 0 radical (unpaired) electrons. The van der Waals surface area contributed by atoms with E-state index in [0.29, 0.717) is 6.54 Å². The van der Waals surface area contributed by atoms with Crippen LogP contribution in [0.25, 0.3) is 0 Å². The number of hydrogen-bond donors (Lipinski definition) is 3. The molecule has 0 aliphatic carbocycles. The van der Waals surface area contributed by atoms with Crippen molar-refractivity contribution < 1.29 is 19.8 Å². The number of carbonyl (C=O) groups excluding carboxylic acids is 1. The Kier molecular flexibility index (Phi) is 5.28. The molecule has 0 saturated carbocycles. The maximum absolute atomic E-state index is 11.9. The number of hydrogen-bond acceptors (Lipinski definition) is 4. The molecule has 1 heterocycles. The molecule has 2 unspecified atom stereocenters. The number of carboxylic acid groups (broad SMARTS) is 1. The zero-order chi connectivity index (χ0) is 13.8.